The Kier molecular flexibility index (Phi) is 2.66. The van der Waals surface area contributed by atoms with Crippen molar-refractivity contribution in [2.24, 2.45) is 0 Å². The van der Waals surface area contributed by atoms with Gasteiger partial charge < -0.3 is 15.2 Å². The number of carbonyl (C=O) groups is 2. The summed E-state index contributed by atoms with van der Waals surface area (Å²) < 4.78 is 0. The summed E-state index contributed by atoms with van der Waals surface area (Å²) in [5.41, 5.74) is 1.47. The van der Waals surface area contributed by atoms with Crippen molar-refractivity contribution in [1.82, 2.24) is 4.98 Å². The maximum Gasteiger partial charge on any atom is 0.352 e. The number of aromatic nitrogens is 1. The molecule has 0 atom stereocenters. The lowest BCUT2D eigenvalue weighted by Gasteiger charge is -1.93. The van der Waals surface area contributed by atoms with Gasteiger partial charge in [-0.15, -0.1) is 0 Å². The van der Waals surface area contributed by atoms with E-state index in [1.807, 2.05) is 0 Å². The Morgan fingerprint density at radius 1 is 1.18 bits per heavy atom. The average molecular weight is 231 g/mol. The lowest BCUT2D eigenvalue weighted by atomic mass is 10.1. The molecule has 0 fully saturated rings. The summed E-state index contributed by atoms with van der Waals surface area (Å²) >= 11 is 0. The summed E-state index contributed by atoms with van der Waals surface area (Å²) in [6, 6.07) is 6.69. The monoisotopic (exact) mass is 231 g/mol. The van der Waals surface area contributed by atoms with Gasteiger partial charge in [-0.2, -0.15) is 0 Å². The first kappa shape index (κ1) is 10.9. The van der Waals surface area contributed by atoms with E-state index in [0.717, 1.165) is 11.5 Å². The Labute approximate surface area is 96.0 Å². The molecular weight excluding hydrogens is 222 g/mol. The molecule has 0 spiro atoms. The maximum atomic E-state index is 10.7. The van der Waals surface area contributed by atoms with Crippen LogP contribution in [0.2, 0.25) is 0 Å². The first-order chi connectivity index (χ1) is 8.06. The Morgan fingerprint density at radius 2 is 1.94 bits per heavy atom. The van der Waals surface area contributed by atoms with Crippen molar-refractivity contribution in [2.45, 2.75) is 0 Å². The molecule has 17 heavy (non-hydrogen) atoms. The van der Waals surface area contributed by atoms with Crippen LogP contribution in [0.5, 0.6) is 0 Å². The van der Waals surface area contributed by atoms with Gasteiger partial charge in [-0.05, 0) is 23.8 Å². The lowest BCUT2D eigenvalue weighted by Crippen LogP contribution is -1.94. The van der Waals surface area contributed by atoms with Crippen LogP contribution in [0, 0.1) is 0 Å². The number of hydrogen-bond acceptors (Lipinski definition) is 2. The molecule has 1 aromatic heterocycles. The molecule has 0 aliphatic heterocycles. The van der Waals surface area contributed by atoms with Gasteiger partial charge in [0.1, 0.15) is 5.69 Å². The summed E-state index contributed by atoms with van der Waals surface area (Å²) in [4.78, 5) is 23.8. The van der Waals surface area contributed by atoms with Crippen molar-refractivity contribution in [2.75, 3.05) is 0 Å². The van der Waals surface area contributed by atoms with Gasteiger partial charge >= 0.3 is 11.9 Å². The number of aromatic carboxylic acids is 1. The number of fused-ring (bicyclic) bond motifs is 1. The number of carboxylic acids is 2. The van der Waals surface area contributed by atoms with Gasteiger partial charge in [0.25, 0.3) is 0 Å². The van der Waals surface area contributed by atoms with E-state index in [2.05, 4.69) is 4.98 Å². The third-order valence-corrected chi connectivity index (χ3v) is 2.30. The standard InChI is InChI=1S/C12H9NO4/c14-11(15)4-2-7-1-3-8-6-10(12(16)17)13-9(8)5-7/h1-6,13H,(H,14,15)(H,16,17)/b4-2+. The zero-order valence-electron chi connectivity index (χ0n) is 8.68. The Balaban J connectivity index is 2.43. The molecule has 1 heterocycles. The smallest absolute Gasteiger partial charge is 0.352 e. The minimum Gasteiger partial charge on any atom is -0.478 e. The number of rotatable bonds is 3. The Hall–Kier alpha value is -2.56. The number of aliphatic carboxylic acids is 1. The van der Waals surface area contributed by atoms with Crippen molar-refractivity contribution in [3.8, 4) is 0 Å². The molecule has 2 aromatic rings. The van der Waals surface area contributed by atoms with Crippen LogP contribution in [0.1, 0.15) is 16.1 Å². The number of hydrogen-bond donors (Lipinski definition) is 3. The molecule has 0 saturated carbocycles. The van der Waals surface area contributed by atoms with Crippen molar-refractivity contribution in [1.29, 1.82) is 0 Å². The normalized spacial score (nSPS) is 11.1. The number of nitrogens with one attached hydrogen (secondary N) is 1. The van der Waals surface area contributed by atoms with Gasteiger partial charge in [-0.1, -0.05) is 12.1 Å². The van der Waals surface area contributed by atoms with Crippen LogP contribution in [-0.2, 0) is 4.79 Å². The summed E-state index contributed by atoms with van der Waals surface area (Å²) in [6.07, 6.45) is 2.48. The fourth-order valence-corrected chi connectivity index (χ4v) is 1.53. The fraction of sp³-hybridized carbons (Fsp3) is 0. The molecule has 0 radical (unpaired) electrons. The number of H-pyrrole nitrogens is 1. The molecule has 2 rings (SSSR count). The molecule has 0 unspecified atom stereocenters. The molecule has 0 aliphatic carbocycles. The highest BCUT2D eigenvalue weighted by Crippen LogP contribution is 2.18. The lowest BCUT2D eigenvalue weighted by molar-refractivity contribution is -0.131. The average Bonchev–Trinajstić information content (AvgIpc) is 2.69. The fourth-order valence-electron chi connectivity index (χ4n) is 1.53. The van der Waals surface area contributed by atoms with E-state index in [-0.39, 0.29) is 5.69 Å². The van der Waals surface area contributed by atoms with E-state index in [4.69, 9.17) is 10.2 Å². The second-order valence-electron chi connectivity index (χ2n) is 3.51. The highest BCUT2D eigenvalue weighted by Gasteiger charge is 2.06. The van der Waals surface area contributed by atoms with Gasteiger partial charge in [0.05, 0.1) is 0 Å². The Morgan fingerprint density at radius 3 is 2.59 bits per heavy atom. The van der Waals surface area contributed by atoms with Crippen LogP contribution in [0.3, 0.4) is 0 Å². The summed E-state index contributed by atoms with van der Waals surface area (Å²) in [5, 5.41) is 18.1. The first-order valence-corrected chi connectivity index (χ1v) is 4.83. The van der Waals surface area contributed by atoms with Crippen molar-refractivity contribution >= 4 is 28.9 Å². The largest absolute Gasteiger partial charge is 0.478 e. The molecule has 0 bridgehead atoms. The molecule has 5 heteroatoms. The minimum atomic E-state index is -1.03. The molecule has 0 amide bonds. The molecule has 0 aliphatic rings. The highest BCUT2D eigenvalue weighted by molar-refractivity contribution is 5.94. The topological polar surface area (TPSA) is 90.4 Å². The Bertz CT molecular complexity index is 624. The third kappa shape index (κ3) is 2.34. The molecule has 86 valence electrons. The van der Waals surface area contributed by atoms with Crippen LogP contribution in [0.25, 0.3) is 17.0 Å². The third-order valence-electron chi connectivity index (χ3n) is 2.30. The second-order valence-corrected chi connectivity index (χ2v) is 3.51. The van der Waals surface area contributed by atoms with E-state index in [1.54, 1.807) is 18.2 Å². The van der Waals surface area contributed by atoms with Crippen molar-refractivity contribution < 1.29 is 19.8 Å². The number of carboxylic acid groups (broad SMARTS) is 2. The van der Waals surface area contributed by atoms with Crippen LogP contribution in [-0.4, -0.2) is 27.1 Å². The zero-order valence-corrected chi connectivity index (χ0v) is 8.68. The molecule has 0 saturated heterocycles. The second kappa shape index (κ2) is 4.13. The maximum absolute atomic E-state index is 10.7. The van der Waals surface area contributed by atoms with Crippen molar-refractivity contribution in [3.05, 3.63) is 41.6 Å². The summed E-state index contributed by atoms with van der Waals surface area (Å²) in [7, 11) is 0. The predicted molar refractivity (Wildman–Crippen MR) is 61.9 cm³/mol. The van der Waals surface area contributed by atoms with Gasteiger partial charge in [0.2, 0.25) is 0 Å². The van der Waals surface area contributed by atoms with E-state index < -0.39 is 11.9 Å². The zero-order chi connectivity index (χ0) is 12.4. The molecular formula is C12H9NO4. The van der Waals surface area contributed by atoms with Crippen LogP contribution >= 0.6 is 0 Å². The molecule has 5 nitrogen and oxygen atoms in total. The minimum absolute atomic E-state index is 0.111. The van der Waals surface area contributed by atoms with E-state index in [9.17, 15) is 9.59 Å². The van der Waals surface area contributed by atoms with E-state index in [0.29, 0.717) is 11.1 Å². The van der Waals surface area contributed by atoms with Gasteiger partial charge in [0, 0.05) is 17.0 Å². The summed E-state index contributed by atoms with van der Waals surface area (Å²) in [5.74, 6) is -2.05. The van der Waals surface area contributed by atoms with Crippen LogP contribution in [0.15, 0.2) is 30.3 Å². The number of benzene rings is 1. The summed E-state index contributed by atoms with van der Waals surface area (Å²) in [6.45, 7) is 0. The first-order valence-electron chi connectivity index (χ1n) is 4.83. The van der Waals surface area contributed by atoms with E-state index >= 15 is 0 Å². The predicted octanol–water partition coefficient (Wildman–Crippen LogP) is 1.96. The quantitative estimate of drug-likeness (QED) is 0.704. The molecule has 3 N–H and O–H groups in total. The van der Waals surface area contributed by atoms with Crippen LogP contribution in [0.4, 0.5) is 0 Å². The van der Waals surface area contributed by atoms with Gasteiger partial charge in [0.15, 0.2) is 0 Å². The SMILES string of the molecule is O=C(O)/C=C/c1ccc2cc(C(=O)O)[nH]c2c1. The van der Waals surface area contributed by atoms with Crippen molar-refractivity contribution in [3.63, 3.8) is 0 Å². The van der Waals surface area contributed by atoms with Gasteiger partial charge in [-0.25, -0.2) is 9.59 Å². The van der Waals surface area contributed by atoms with E-state index in [1.165, 1.54) is 12.1 Å². The highest BCUT2D eigenvalue weighted by atomic mass is 16.4. The number of aromatic amines is 1. The van der Waals surface area contributed by atoms with Crippen LogP contribution < -0.4 is 0 Å². The van der Waals surface area contributed by atoms with Gasteiger partial charge in [-0.3, -0.25) is 0 Å². The molecule has 1 aromatic carbocycles.